The number of benzene rings is 4. The first-order valence-electron chi connectivity index (χ1n) is 10.8. The van der Waals surface area contributed by atoms with Gasteiger partial charge in [-0.1, -0.05) is 70.7 Å². The van der Waals surface area contributed by atoms with Crippen LogP contribution in [0.25, 0.3) is 0 Å². The Morgan fingerprint density at radius 1 is 0.800 bits per heavy atom. The fourth-order valence-electron chi connectivity index (χ4n) is 3.54. The van der Waals surface area contributed by atoms with Crippen LogP contribution in [-0.2, 0) is 0 Å². The van der Waals surface area contributed by atoms with Crippen LogP contribution in [0, 0.1) is 6.92 Å². The molecule has 1 atom stereocenters. The number of methoxy groups -OCH3 is 1. The summed E-state index contributed by atoms with van der Waals surface area (Å²) in [5.74, 6) is 0.602. The summed E-state index contributed by atoms with van der Waals surface area (Å²) in [6, 6.07) is 25.2. The Bertz CT molecular complexity index is 1340. The minimum atomic E-state index is -0.571. The number of rotatable bonds is 7. The number of aryl methyl sites for hydroxylation is 1. The van der Waals surface area contributed by atoms with Crippen LogP contribution in [0.2, 0.25) is 15.1 Å². The maximum atomic E-state index is 12.8. The molecular weight excluding hydrogens is 505 g/mol. The molecule has 0 saturated carbocycles. The molecule has 35 heavy (non-hydrogen) atoms. The molecule has 4 aromatic carbocycles. The van der Waals surface area contributed by atoms with E-state index >= 15 is 0 Å². The number of anilines is 1. The standard InChI is InChI=1S/C28H22Cl3NO3/c1-17-3-11-22(12-4-17)32-28(33)19-7-14-25(26(15-19)34-2)35-27(18-5-8-20(29)9-6-18)23-13-10-21(30)16-24(23)31/h3-16,27H,1-2H3,(H,32,33). The van der Waals surface area contributed by atoms with Crippen molar-refractivity contribution in [3.63, 3.8) is 0 Å². The van der Waals surface area contributed by atoms with Crippen LogP contribution in [0.1, 0.15) is 33.2 Å². The van der Waals surface area contributed by atoms with Crippen LogP contribution in [-0.4, -0.2) is 13.0 Å². The largest absolute Gasteiger partial charge is 0.493 e. The van der Waals surface area contributed by atoms with E-state index in [2.05, 4.69) is 5.32 Å². The average Bonchev–Trinajstić information content (AvgIpc) is 2.85. The summed E-state index contributed by atoms with van der Waals surface area (Å²) >= 11 is 18.7. The predicted octanol–water partition coefficient (Wildman–Crippen LogP) is 8.38. The van der Waals surface area contributed by atoms with Crippen molar-refractivity contribution in [1.82, 2.24) is 0 Å². The van der Waals surface area contributed by atoms with Crippen LogP contribution in [0.5, 0.6) is 11.5 Å². The molecule has 0 aliphatic heterocycles. The van der Waals surface area contributed by atoms with Gasteiger partial charge in [0.15, 0.2) is 17.6 Å². The molecule has 4 aromatic rings. The van der Waals surface area contributed by atoms with Gasteiger partial charge >= 0.3 is 0 Å². The molecule has 0 heterocycles. The first-order valence-corrected chi connectivity index (χ1v) is 11.9. The lowest BCUT2D eigenvalue weighted by atomic mass is 10.0. The highest BCUT2D eigenvalue weighted by Crippen LogP contribution is 2.38. The summed E-state index contributed by atoms with van der Waals surface area (Å²) in [5, 5.41) is 4.48. The van der Waals surface area contributed by atoms with Gasteiger partial charge in [-0.25, -0.2) is 0 Å². The monoisotopic (exact) mass is 525 g/mol. The van der Waals surface area contributed by atoms with Gasteiger partial charge in [-0.3, -0.25) is 4.79 Å². The molecule has 0 fully saturated rings. The van der Waals surface area contributed by atoms with E-state index in [0.29, 0.717) is 37.8 Å². The fourth-order valence-corrected chi connectivity index (χ4v) is 4.17. The number of halogens is 3. The number of hydrogen-bond donors (Lipinski definition) is 1. The van der Waals surface area contributed by atoms with E-state index in [0.717, 1.165) is 16.7 Å². The molecule has 4 rings (SSSR count). The molecule has 0 aliphatic carbocycles. The Hall–Kier alpha value is -3.18. The zero-order valence-corrected chi connectivity index (χ0v) is 21.3. The summed E-state index contributed by atoms with van der Waals surface area (Å²) in [4.78, 5) is 12.8. The van der Waals surface area contributed by atoms with Crippen molar-refractivity contribution in [3.05, 3.63) is 122 Å². The second-order valence-corrected chi connectivity index (χ2v) is 9.18. The summed E-state index contributed by atoms with van der Waals surface area (Å²) in [7, 11) is 1.52. The van der Waals surface area contributed by atoms with E-state index in [1.54, 1.807) is 42.5 Å². The molecule has 4 nitrogen and oxygen atoms in total. The lowest BCUT2D eigenvalue weighted by molar-refractivity contribution is 0.102. The highest BCUT2D eigenvalue weighted by Gasteiger charge is 2.22. The quantitative estimate of drug-likeness (QED) is 0.263. The van der Waals surface area contributed by atoms with Gasteiger partial charge in [0.1, 0.15) is 0 Å². The van der Waals surface area contributed by atoms with Crippen LogP contribution >= 0.6 is 34.8 Å². The smallest absolute Gasteiger partial charge is 0.255 e. The van der Waals surface area contributed by atoms with Gasteiger partial charge in [0.25, 0.3) is 5.91 Å². The average molecular weight is 527 g/mol. The number of nitrogens with one attached hydrogen (secondary N) is 1. The van der Waals surface area contributed by atoms with Crippen LogP contribution in [0.4, 0.5) is 5.69 Å². The van der Waals surface area contributed by atoms with Crippen molar-refractivity contribution < 1.29 is 14.3 Å². The molecule has 0 aromatic heterocycles. The van der Waals surface area contributed by atoms with Crippen LogP contribution in [0.15, 0.2) is 84.9 Å². The van der Waals surface area contributed by atoms with E-state index < -0.39 is 6.10 Å². The summed E-state index contributed by atoms with van der Waals surface area (Å²) in [6.07, 6.45) is -0.571. The van der Waals surface area contributed by atoms with Crippen molar-refractivity contribution in [2.75, 3.05) is 12.4 Å². The van der Waals surface area contributed by atoms with Crippen molar-refractivity contribution in [3.8, 4) is 11.5 Å². The minimum absolute atomic E-state index is 0.256. The molecule has 178 valence electrons. The predicted molar refractivity (Wildman–Crippen MR) is 143 cm³/mol. The normalized spacial score (nSPS) is 11.6. The number of ether oxygens (including phenoxy) is 2. The maximum Gasteiger partial charge on any atom is 0.255 e. The van der Waals surface area contributed by atoms with Crippen molar-refractivity contribution in [2.45, 2.75) is 13.0 Å². The topological polar surface area (TPSA) is 47.6 Å². The van der Waals surface area contributed by atoms with Crippen LogP contribution < -0.4 is 14.8 Å². The van der Waals surface area contributed by atoms with Gasteiger partial charge in [-0.05, 0) is 67.1 Å². The Morgan fingerprint density at radius 2 is 1.49 bits per heavy atom. The van der Waals surface area contributed by atoms with Gasteiger partial charge in [0, 0.05) is 31.9 Å². The Kier molecular flexibility index (Phi) is 7.86. The maximum absolute atomic E-state index is 12.8. The molecule has 1 unspecified atom stereocenters. The molecule has 1 amide bonds. The van der Waals surface area contributed by atoms with E-state index in [1.807, 2.05) is 49.4 Å². The lowest BCUT2D eigenvalue weighted by Crippen LogP contribution is -2.13. The van der Waals surface area contributed by atoms with Gasteiger partial charge < -0.3 is 14.8 Å². The summed E-state index contributed by atoms with van der Waals surface area (Å²) in [6.45, 7) is 1.99. The molecular formula is C28H22Cl3NO3. The third kappa shape index (κ3) is 6.09. The summed E-state index contributed by atoms with van der Waals surface area (Å²) in [5.41, 5.74) is 3.81. The third-order valence-corrected chi connectivity index (χ3v) is 6.21. The van der Waals surface area contributed by atoms with Gasteiger partial charge in [-0.15, -0.1) is 0 Å². The number of carbonyl (C=O) groups is 1. The van der Waals surface area contributed by atoms with Crippen LogP contribution in [0.3, 0.4) is 0 Å². The second kappa shape index (κ2) is 11.0. The van der Waals surface area contributed by atoms with E-state index in [1.165, 1.54) is 7.11 Å². The zero-order valence-electron chi connectivity index (χ0n) is 19.0. The Balaban J connectivity index is 1.65. The molecule has 0 spiro atoms. The third-order valence-electron chi connectivity index (χ3n) is 5.40. The summed E-state index contributed by atoms with van der Waals surface area (Å²) < 4.78 is 12.0. The Labute approximate surface area is 219 Å². The molecule has 0 saturated heterocycles. The molecule has 0 radical (unpaired) electrons. The van der Waals surface area contributed by atoms with E-state index in [9.17, 15) is 4.79 Å². The first-order chi connectivity index (χ1) is 16.8. The molecule has 0 bridgehead atoms. The number of amides is 1. The van der Waals surface area contributed by atoms with Crippen molar-refractivity contribution in [1.29, 1.82) is 0 Å². The van der Waals surface area contributed by atoms with Crippen molar-refractivity contribution in [2.24, 2.45) is 0 Å². The number of hydrogen-bond acceptors (Lipinski definition) is 3. The molecule has 1 N–H and O–H groups in total. The van der Waals surface area contributed by atoms with Gasteiger partial charge in [0.05, 0.1) is 7.11 Å². The fraction of sp³-hybridized carbons (Fsp3) is 0.107. The molecule has 0 aliphatic rings. The highest BCUT2D eigenvalue weighted by molar-refractivity contribution is 6.35. The van der Waals surface area contributed by atoms with Gasteiger partial charge in [-0.2, -0.15) is 0 Å². The number of carbonyl (C=O) groups excluding carboxylic acids is 1. The first kappa shape index (κ1) is 24.9. The van der Waals surface area contributed by atoms with E-state index in [-0.39, 0.29) is 5.91 Å². The van der Waals surface area contributed by atoms with Crippen molar-refractivity contribution >= 4 is 46.4 Å². The van der Waals surface area contributed by atoms with Gasteiger partial charge in [0.2, 0.25) is 0 Å². The Morgan fingerprint density at radius 3 is 2.14 bits per heavy atom. The molecule has 7 heteroatoms. The minimum Gasteiger partial charge on any atom is -0.493 e. The zero-order chi connectivity index (χ0) is 24.9. The second-order valence-electron chi connectivity index (χ2n) is 7.90. The van der Waals surface area contributed by atoms with E-state index in [4.69, 9.17) is 44.3 Å². The lowest BCUT2D eigenvalue weighted by Gasteiger charge is -2.23. The SMILES string of the molecule is COc1cc(C(=O)Nc2ccc(C)cc2)ccc1OC(c1ccc(Cl)cc1)c1ccc(Cl)cc1Cl. The highest BCUT2D eigenvalue weighted by atomic mass is 35.5.